The van der Waals surface area contributed by atoms with E-state index in [0.29, 0.717) is 6.61 Å². The zero-order chi connectivity index (χ0) is 11.4. The molecule has 4 nitrogen and oxygen atoms in total. The fourth-order valence-electron chi connectivity index (χ4n) is 1.93. The van der Waals surface area contributed by atoms with Crippen LogP contribution in [0.3, 0.4) is 0 Å². The van der Waals surface area contributed by atoms with E-state index in [1.807, 2.05) is 0 Å². The quantitative estimate of drug-likeness (QED) is 0.844. The van der Waals surface area contributed by atoms with Gasteiger partial charge in [-0.3, -0.25) is 0 Å². The molecular formula is C12H19N3O. The van der Waals surface area contributed by atoms with Gasteiger partial charge in [0.2, 0.25) is 0 Å². The Bertz CT molecular complexity index is 366. The minimum atomic E-state index is 0.643. The molecule has 88 valence electrons. The van der Waals surface area contributed by atoms with Crippen molar-refractivity contribution < 1.29 is 4.74 Å². The van der Waals surface area contributed by atoms with E-state index in [1.165, 1.54) is 5.69 Å². The number of fused-ring (bicyclic) bond motifs is 1. The first-order valence-corrected chi connectivity index (χ1v) is 6.05. The van der Waals surface area contributed by atoms with Gasteiger partial charge in [0.1, 0.15) is 11.6 Å². The molecule has 0 amide bonds. The average molecular weight is 221 g/mol. The molecule has 0 aromatic carbocycles. The molecule has 0 fully saturated rings. The van der Waals surface area contributed by atoms with Gasteiger partial charge in [-0.1, -0.05) is 6.92 Å². The zero-order valence-corrected chi connectivity index (χ0v) is 10.0. The van der Waals surface area contributed by atoms with Crippen LogP contribution in [0.2, 0.25) is 0 Å². The van der Waals surface area contributed by atoms with Gasteiger partial charge in [-0.25, -0.2) is 9.97 Å². The standard InChI is InChI=1S/C12H19N3O/c1-3-5-11-14-10-6-7-16-8-9(10)12(15-11)13-4-2/h3-8H2,1-2H3,(H,13,14,15). The maximum atomic E-state index is 5.46. The van der Waals surface area contributed by atoms with E-state index in [2.05, 4.69) is 29.1 Å². The molecule has 1 N–H and O–H groups in total. The molecule has 2 rings (SSSR count). The summed E-state index contributed by atoms with van der Waals surface area (Å²) in [6.07, 6.45) is 2.94. The highest BCUT2D eigenvalue weighted by atomic mass is 16.5. The molecule has 0 radical (unpaired) electrons. The summed E-state index contributed by atoms with van der Waals surface area (Å²) in [5, 5.41) is 3.30. The lowest BCUT2D eigenvalue weighted by atomic mass is 10.1. The smallest absolute Gasteiger partial charge is 0.135 e. The van der Waals surface area contributed by atoms with Gasteiger partial charge in [-0.2, -0.15) is 0 Å². The molecule has 0 saturated heterocycles. The van der Waals surface area contributed by atoms with Crippen molar-refractivity contribution in [3.05, 3.63) is 17.1 Å². The number of aryl methyl sites for hydroxylation is 1. The molecule has 0 aliphatic carbocycles. The van der Waals surface area contributed by atoms with Crippen molar-refractivity contribution in [2.24, 2.45) is 0 Å². The van der Waals surface area contributed by atoms with Crippen LogP contribution in [-0.2, 0) is 24.2 Å². The molecular weight excluding hydrogens is 202 g/mol. The van der Waals surface area contributed by atoms with Crippen LogP contribution in [0.5, 0.6) is 0 Å². The minimum absolute atomic E-state index is 0.643. The zero-order valence-electron chi connectivity index (χ0n) is 10.0. The first-order valence-electron chi connectivity index (χ1n) is 6.05. The highest BCUT2D eigenvalue weighted by Gasteiger charge is 2.17. The van der Waals surface area contributed by atoms with Crippen molar-refractivity contribution >= 4 is 5.82 Å². The summed E-state index contributed by atoms with van der Waals surface area (Å²) in [6, 6.07) is 0. The largest absolute Gasteiger partial charge is 0.376 e. The Kier molecular flexibility index (Phi) is 3.72. The number of nitrogens with zero attached hydrogens (tertiary/aromatic N) is 2. The molecule has 1 aliphatic rings. The van der Waals surface area contributed by atoms with E-state index >= 15 is 0 Å². The summed E-state index contributed by atoms with van der Waals surface area (Å²) in [4.78, 5) is 9.18. The first kappa shape index (κ1) is 11.3. The molecule has 16 heavy (non-hydrogen) atoms. The summed E-state index contributed by atoms with van der Waals surface area (Å²) in [7, 11) is 0. The molecule has 4 heteroatoms. The minimum Gasteiger partial charge on any atom is -0.376 e. The number of ether oxygens (including phenoxy) is 1. The number of nitrogens with one attached hydrogen (secondary N) is 1. The molecule has 2 heterocycles. The maximum absolute atomic E-state index is 5.46. The Morgan fingerprint density at radius 2 is 2.19 bits per heavy atom. The molecule has 0 bridgehead atoms. The van der Waals surface area contributed by atoms with E-state index in [-0.39, 0.29) is 0 Å². The third-order valence-corrected chi connectivity index (χ3v) is 2.69. The van der Waals surface area contributed by atoms with Crippen molar-refractivity contribution in [1.29, 1.82) is 0 Å². The first-order chi connectivity index (χ1) is 7.85. The van der Waals surface area contributed by atoms with Crippen LogP contribution >= 0.6 is 0 Å². The Morgan fingerprint density at radius 1 is 1.31 bits per heavy atom. The van der Waals surface area contributed by atoms with Gasteiger partial charge in [-0.15, -0.1) is 0 Å². The second-order valence-corrected chi connectivity index (χ2v) is 4.00. The van der Waals surface area contributed by atoms with Gasteiger partial charge in [-0.05, 0) is 13.3 Å². The summed E-state index contributed by atoms with van der Waals surface area (Å²) in [5.41, 5.74) is 2.31. The summed E-state index contributed by atoms with van der Waals surface area (Å²) >= 11 is 0. The lowest BCUT2D eigenvalue weighted by Crippen LogP contribution is -2.18. The highest BCUT2D eigenvalue weighted by molar-refractivity contribution is 5.47. The highest BCUT2D eigenvalue weighted by Crippen LogP contribution is 2.22. The van der Waals surface area contributed by atoms with Gasteiger partial charge >= 0.3 is 0 Å². The normalized spacial score (nSPS) is 14.6. The van der Waals surface area contributed by atoms with E-state index < -0.39 is 0 Å². The lowest BCUT2D eigenvalue weighted by molar-refractivity contribution is 0.109. The van der Waals surface area contributed by atoms with E-state index in [4.69, 9.17) is 4.74 Å². The number of hydrogen-bond acceptors (Lipinski definition) is 4. The number of anilines is 1. The molecule has 1 aromatic heterocycles. The van der Waals surface area contributed by atoms with Crippen molar-refractivity contribution in [2.75, 3.05) is 18.5 Å². The van der Waals surface area contributed by atoms with Gasteiger partial charge in [0.05, 0.1) is 18.9 Å². The van der Waals surface area contributed by atoms with Crippen LogP contribution < -0.4 is 5.32 Å². The van der Waals surface area contributed by atoms with Crippen molar-refractivity contribution in [3.63, 3.8) is 0 Å². The van der Waals surface area contributed by atoms with E-state index in [9.17, 15) is 0 Å². The maximum Gasteiger partial charge on any atom is 0.135 e. The third-order valence-electron chi connectivity index (χ3n) is 2.69. The fourth-order valence-corrected chi connectivity index (χ4v) is 1.93. The van der Waals surface area contributed by atoms with E-state index in [1.54, 1.807) is 0 Å². The summed E-state index contributed by atoms with van der Waals surface area (Å²) < 4.78 is 5.46. The van der Waals surface area contributed by atoms with Crippen molar-refractivity contribution in [1.82, 2.24) is 9.97 Å². The third kappa shape index (κ3) is 2.32. The average Bonchev–Trinajstić information content (AvgIpc) is 2.30. The Morgan fingerprint density at radius 3 is 2.94 bits per heavy atom. The van der Waals surface area contributed by atoms with Crippen LogP contribution in [0.4, 0.5) is 5.82 Å². The van der Waals surface area contributed by atoms with Gasteiger partial charge in [0, 0.05) is 24.9 Å². The summed E-state index contributed by atoms with van der Waals surface area (Å²) in [6.45, 7) is 6.54. The Labute approximate surface area is 96.4 Å². The predicted molar refractivity (Wildman–Crippen MR) is 63.6 cm³/mol. The second-order valence-electron chi connectivity index (χ2n) is 4.00. The molecule has 1 aromatic rings. The van der Waals surface area contributed by atoms with Gasteiger partial charge in [0.25, 0.3) is 0 Å². The number of rotatable bonds is 4. The SMILES string of the molecule is CCCc1nc2c(c(NCC)n1)COCC2. The number of aromatic nitrogens is 2. The lowest BCUT2D eigenvalue weighted by Gasteiger charge is -2.19. The Hall–Kier alpha value is -1.16. The summed E-state index contributed by atoms with van der Waals surface area (Å²) in [5.74, 6) is 1.93. The monoisotopic (exact) mass is 221 g/mol. The molecule has 0 atom stereocenters. The van der Waals surface area contributed by atoms with E-state index in [0.717, 1.165) is 49.6 Å². The van der Waals surface area contributed by atoms with Crippen LogP contribution in [0.1, 0.15) is 37.4 Å². The second kappa shape index (κ2) is 5.25. The molecule has 0 spiro atoms. The van der Waals surface area contributed by atoms with Crippen molar-refractivity contribution in [3.8, 4) is 0 Å². The van der Waals surface area contributed by atoms with Crippen LogP contribution in [0, 0.1) is 0 Å². The Balaban J connectivity index is 2.35. The predicted octanol–water partition coefficient (Wildman–Crippen LogP) is 1.93. The molecule has 0 saturated carbocycles. The van der Waals surface area contributed by atoms with Crippen LogP contribution in [0.25, 0.3) is 0 Å². The topological polar surface area (TPSA) is 47.0 Å². The van der Waals surface area contributed by atoms with Crippen LogP contribution in [-0.4, -0.2) is 23.1 Å². The van der Waals surface area contributed by atoms with Crippen LogP contribution in [0.15, 0.2) is 0 Å². The molecule has 1 aliphatic heterocycles. The molecule has 0 unspecified atom stereocenters. The van der Waals surface area contributed by atoms with Crippen molar-refractivity contribution in [2.45, 2.75) is 39.7 Å². The number of hydrogen-bond donors (Lipinski definition) is 1. The van der Waals surface area contributed by atoms with Gasteiger partial charge < -0.3 is 10.1 Å². The fraction of sp³-hybridized carbons (Fsp3) is 0.667. The van der Waals surface area contributed by atoms with Gasteiger partial charge in [0.15, 0.2) is 0 Å².